The molecule has 0 spiro atoms. The van der Waals surface area contributed by atoms with Crippen LogP contribution in [0, 0.1) is 6.92 Å². The zero-order valence-corrected chi connectivity index (χ0v) is 13.5. The minimum absolute atomic E-state index is 0.0726. The highest BCUT2D eigenvalue weighted by Crippen LogP contribution is 2.22. The number of hydrogen-bond acceptors (Lipinski definition) is 3. The summed E-state index contributed by atoms with van der Waals surface area (Å²) in [4.78, 5) is 32.7. The van der Waals surface area contributed by atoms with Gasteiger partial charge in [0.15, 0.2) is 0 Å². The first-order valence-corrected chi connectivity index (χ1v) is 7.91. The molecule has 0 saturated heterocycles. The maximum Gasteiger partial charge on any atom is 0.261 e. The van der Waals surface area contributed by atoms with Crippen LogP contribution in [-0.2, 0) is 0 Å². The van der Waals surface area contributed by atoms with Crippen LogP contribution in [-0.4, -0.2) is 15.9 Å². The van der Waals surface area contributed by atoms with Crippen molar-refractivity contribution in [3.63, 3.8) is 0 Å². The summed E-state index contributed by atoms with van der Waals surface area (Å²) in [6.07, 6.45) is 1.45. The van der Waals surface area contributed by atoms with Gasteiger partial charge in [0.2, 0.25) is 5.43 Å². The fraction of sp³-hybridized carbons (Fsp3) is 0.0500. The van der Waals surface area contributed by atoms with E-state index in [1.807, 2.05) is 37.3 Å². The summed E-state index contributed by atoms with van der Waals surface area (Å²) in [5.74, 6) is -0.456. The second-order valence-corrected chi connectivity index (χ2v) is 5.86. The number of aromatic amines is 1. The van der Waals surface area contributed by atoms with Crippen molar-refractivity contribution in [1.82, 2.24) is 9.97 Å². The number of carbonyl (C=O) groups is 1. The summed E-state index contributed by atoms with van der Waals surface area (Å²) in [5.41, 5.74) is 2.62. The van der Waals surface area contributed by atoms with Crippen molar-refractivity contribution in [2.45, 2.75) is 6.92 Å². The van der Waals surface area contributed by atoms with Gasteiger partial charge < -0.3 is 10.3 Å². The molecule has 5 heteroatoms. The largest absolute Gasteiger partial charge is 0.360 e. The predicted octanol–water partition coefficient (Wildman–Crippen LogP) is 3.64. The first-order chi connectivity index (χ1) is 12.1. The van der Waals surface area contributed by atoms with Gasteiger partial charge >= 0.3 is 0 Å². The second-order valence-electron chi connectivity index (χ2n) is 5.86. The summed E-state index contributed by atoms with van der Waals surface area (Å²) in [7, 11) is 0. The fourth-order valence-electron chi connectivity index (χ4n) is 2.87. The molecule has 0 aliphatic rings. The molecule has 2 aromatic heterocycles. The van der Waals surface area contributed by atoms with Gasteiger partial charge in [0.1, 0.15) is 5.56 Å². The third-order valence-electron chi connectivity index (χ3n) is 4.14. The van der Waals surface area contributed by atoms with Crippen LogP contribution in [0.2, 0.25) is 0 Å². The van der Waals surface area contributed by atoms with Crippen molar-refractivity contribution < 1.29 is 4.79 Å². The zero-order chi connectivity index (χ0) is 17.4. The standard InChI is InChI=1S/C20H15N3O2/c1-12-9-10-13-5-4-8-17(18(13)22-12)23-20(25)15-11-21-16-7-3-2-6-14(16)19(15)24/h2-11H,1H3,(H,21,24)(H,23,25). The van der Waals surface area contributed by atoms with E-state index in [9.17, 15) is 9.59 Å². The lowest BCUT2D eigenvalue weighted by Crippen LogP contribution is -2.22. The van der Waals surface area contributed by atoms with Crippen LogP contribution in [0.5, 0.6) is 0 Å². The van der Waals surface area contributed by atoms with Crippen LogP contribution in [0.3, 0.4) is 0 Å². The van der Waals surface area contributed by atoms with Gasteiger partial charge in [-0.2, -0.15) is 0 Å². The molecule has 0 unspecified atom stereocenters. The molecular formula is C20H15N3O2. The first-order valence-electron chi connectivity index (χ1n) is 7.91. The normalized spacial score (nSPS) is 10.9. The number of amides is 1. The van der Waals surface area contributed by atoms with Gasteiger partial charge in [-0.3, -0.25) is 14.6 Å². The molecule has 0 fully saturated rings. The number of para-hydroxylation sites is 2. The number of carbonyl (C=O) groups excluding carboxylic acids is 1. The molecule has 0 atom stereocenters. The van der Waals surface area contributed by atoms with Crippen molar-refractivity contribution in [3.8, 4) is 0 Å². The predicted molar refractivity (Wildman–Crippen MR) is 99.0 cm³/mol. The topological polar surface area (TPSA) is 74.8 Å². The minimum atomic E-state index is -0.456. The summed E-state index contributed by atoms with van der Waals surface area (Å²) in [5, 5.41) is 4.23. The molecule has 2 heterocycles. The lowest BCUT2D eigenvalue weighted by atomic mass is 10.1. The number of aromatic nitrogens is 2. The van der Waals surface area contributed by atoms with Crippen LogP contribution < -0.4 is 10.7 Å². The summed E-state index contributed by atoms with van der Waals surface area (Å²) < 4.78 is 0. The molecule has 25 heavy (non-hydrogen) atoms. The molecule has 122 valence electrons. The Balaban J connectivity index is 1.77. The molecule has 4 rings (SSSR count). The van der Waals surface area contributed by atoms with E-state index in [1.165, 1.54) is 6.20 Å². The highest BCUT2D eigenvalue weighted by atomic mass is 16.2. The molecule has 1 amide bonds. The van der Waals surface area contributed by atoms with E-state index < -0.39 is 5.91 Å². The van der Waals surface area contributed by atoms with Crippen molar-refractivity contribution in [1.29, 1.82) is 0 Å². The molecule has 0 bridgehead atoms. The van der Waals surface area contributed by atoms with E-state index in [1.54, 1.807) is 24.3 Å². The number of fused-ring (bicyclic) bond motifs is 2. The number of H-pyrrole nitrogens is 1. The third kappa shape index (κ3) is 2.65. The number of nitrogens with one attached hydrogen (secondary N) is 2. The summed E-state index contributed by atoms with van der Waals surface area (Å²) >= 11 is 0. The number of nitrogens with zero attached hydrogens (tertiary/aromatic N) is 1. The summed E-state index contributed by atoms with van der Waals surface area (Å²) in [6, 6.07) is 16.5. The fourth-order valence-corrected chi connectivity index (χ4v) is 2.87. The molecule has 2 N–H and O–H groups in total. The average molecular weight is 329 g/mol. The average Bonchev–Trinajstić information content (AvgIpc) is 2.62. The Hall–Kier alpha value is -3.47. The Kier molecular flexibility index (Phi) is 3.54. The van der Waals surface area contributed by atoms with E-state index in [0.717, 1.165) is 11.1 Å². The van der Waals surface area contributed by atoms with E-state index in [4.69, 9.17) is 0 Å². The maximum absolute atomic E-state index is 12.6. The number of rotatable bonds is 2. The molecule has 5 nitrogen and oxygen atoms in total. The van der Waals surface area contributed by atoms with Gasteiger partial charge in [-0.05, 0) is 31.2 Å². The van der Waals surface area contributed by atoms with Crippen molar-refractivity contribution in [3.05, 3.63) is 82.3 Å². The molecule has 2 aromatic carbocycles. The van der Waals surface area contributed by atoms with Gasteiger partial charge in [0, 0.05) is 28.2 Å². The highest BCUT2D eigenvalue weighted by Gasteiger charge is 2.14. The Bertz CT molecular complexity index is 1180. The van der Waals surface area contributed by atoms with Gasteiger partial charge in [0.05, 0.1) is 11.2 Å². The van der Waals surface area contributed by atoms with Gasteiger partial charge in [0.25, 0.3) is 5.91 Å². The van der Waals surface area contributed by atoms with Crippen molar-refractivity contribution >= 4 is 33.4 Å². The molecule has 4 aromatic rings. The van der Waals surface area contributed by atoms with Crippen molar-refractivity contribution in [2.24, 2.45) is 0 Å². The lowest BCUT2D eigenvalue weighted by molar-refractivity contribution is 0.102. The highest BCUT2D eigenvalue weighted by molar-refractivity contribution is 6.09. The zero-order valence-electron chi connectivity index (χ0n) is 13.5. The van der Waals surface area contributed by atoms with Gasteiger partial charge in [-0.25, -0.2) is 0 Å². The Morgan fingerprint density at radius 3 is 2.76 bits per heavy atom. The number of aryl methyl sites for hydroxylation is 1. The second kappa shape index (κ2) is 5.87. The molecule has 0 radical (unpaired) electrons. The van der Waals surface area contributed by atoms with Gasteiger partial charge in [-0.1, -0.05) is 30.3 Å². The van der Waals surface area contributed by atoms with Crippen LogP contribution in [0.4, 0.5) is 5.69 Å². The number of anilines is 1. The Morgan fingerprint density at radius 1 is 1.04 bits per heavy atom. The van der Waals surface area contributed by atoms with Crippen LogP contribution in [0.25, 0.3) is 21.8 Å². The van der Waals surface area contributed by atoms with E-state index in [2.05, 4.69) is 15.3 Å². The molecule has 0 saturated carbocycles. The maximum atomic E-state index is 12.6. The monoisotopic (exact) mass is 329 g/mol. The molecular weight excluding hydrogens is 314 g/mol. The lowest BCUT2D eigenvalue weighted by Gasteiger charge is -2.09. The Labute approximate surface area is 143 Å². The van der Waals surface area contributed by atoms with Gasteiger partial charge in [-0.15, -0.1) is 0 Å². The smallest absolute Gasteiger partial charge is 0.261 e. The number of benzene rings is 2. The van der Waals surface area contributed by atoms with Crippen LogP contribution in [0.1, 0.15) is 16.1 Å². The molecule has 0 aliphatic heterocycles. The first kappa shape index (κ1) is 15.1. The van der Waals surface area contributed by atoms with Crippen LogP contribution >= 0.6 is 0 Å². The number of hydrogen-bond donors (Lipinski definition) is 2. The molecule has 0 aliphatic carbocycles. The van der Waals surface area contributed by atoms with E-state index >= 15 is 0 Å². The number of pyridine rings is 2. The SMILES string of the molecule is Cc1ccc2cccc(NC(=O)c3c[nH]c4ccccc4c3=O)c2n1. The van der Waals surface area contributed by atoms with E-state index in [-0.39, 0.29) is 11.0 Å². The van der Waals surface area contributed by atoms with Crippen LogP contribution in [0.15, 0.2) is 65.6 Å². The third-order valence-corrected chi connectivity index (χ3v) is 4.14. The van der Waals surface area contributed by atoms with E-state index in [0.29, 0.717) is 22.1 Å². The quantitative estimate of drug-likeness (QED) is 0.589. The van der Waals surface area contributed by atoms with Crippen molar-refractivity contribution in [2.75, 3.05) is 5.32 Å². The Morgan fingerprint density at radius 2 is 1.88 bits per heavy atom. The summed E-state index contributed by atoms with van der Waals surface area (Å²) in [6.45, 7) is 1.89. The minimum Gasteiger partial charge on any atom is -0.360 e.